The number of ketones is 1. The van der Waals surface area contributed by atoms with Crippen LogP contribution in [-0.2, 0) is 6.42 Å². The number of hydrogen-bond acceptors (Lipinski definition) is 4. The fourth-order valence-electron chi connectivity index (χ4n) is 1.79. The molecule has 0 aliphatic carbocycles. The maximum absolute atomic E-state index is 13.7. The summed E-state index contributed by atoms with van der Waals surface area (Å²) in [6.07, 6.45) is 3.02. The zero-order valence-corrected chi connectivity index (χ0v) is 10.4. The molecule has 0 saturated heterocycles. The van der Waals surface area contributed by atoms with Crippen LogP contribution in [0, 0.1) is 5.82 Å². The number of aromatic nitrogens is 1. The molecular formula is C14H13FN2O2. The van der Waals surface area contributed by atoms with Gasteiger partial charge in [0, 0.05) is 30.1 Å². The SMILES string of the molecule is COc1cccc(F)c1C(=O)Cc1cnccc1N. The number of nitrogens with zero attached hydrogens (tertiary/aromatic N) is 1. The van der Waals surface area contributed by atoms with Crippen molar-refractivity contribution in [1.82, 2.24) is 4.98 Å². The van der Waals surface area contributed by atoms with Crippen molar-refractivity contribution in [3.63, 3.8) is 0 Å². The molecule has 0 bridgehead atoms. The molecule has 98 valence electrons. The molecule has 0 aliphatic heterocycles. The quantitative estimate of drug-likeness (QED) is 0.856. The second-order valence-corrected chi connectivity index (χ2v) is 3.99. The van der Waals surface area contributed by atoms with Crippen LogP contribution >= 0.6 is 0 Å². The van der Waals surface area contributed by atoms with Crippen molar-refractivity contribution in [2.75, 3.05) is 12.8 Å². The van der Waals surface area contributed by atoms with Gasteiger partial charge in [0.1, 0.15) is 11.6 Å². The minimum absolute atomic E-state index is 0.0169. The third-order valence-electron chi connectivity index (χ3n) is 2.77. The van der Waals surface area contributed by atoms with Crippen molar-refractivity contribution in [2.45, 2.75) is 6.42 Å². The number of hydrogen-bond donors (Lipinski definition) is 1. The van der Waals surface area contributed by atoms with Crippen molar-refractivity contribution in [2.24, 2.45) is 0 Å². The highest BCUT2D eigenvalue weighted by molar-refractivity contribution is 6.00. The second-order valence-electron chi connectivity index (χ2n) is 3.99. The zero-order valence-electron chi connectivity index (χ0n) is 10.4. The Labute approximate surface area is 110 Å². The lowest BCUT2D eigenvalue weighted by atomic mass is 10.0. The van der Waals surface area contributed by atoms with Crippen molar-refractivity contribution in [3.05, 3.63) is 53.6 Å². The van der Waals surface area contributed by atoms with Gasteiger partial charge in [0.05, 0.1) is 12.7 Å². The summed E-state index contributed by atoms with van der Waals surface area (Å²) in [5.41, 5.74) is 6.70. The van der Waals surface area contributed by atoms with E-state index in [-0.39, 0.29) is 17.7 Å². The molecule has 1 heterocycles. The van der Waals surface area contributed by atoms with E-state index in [1.165, 1.54) is 31.6 Å². The first-order valence-electron chi connectivity index (χ1n) is 5.67. The number of nitrogens with two attached hydrogens (primary N) is 1. The highest BCUT2D eigenvalue weighted by atomic mass is 19.1. The Balaban J connectivity index is 2.33. The third-order valence-corrected chi connectivity index (χ3v) is 2.77. The molecule has 19 heavy (non-hydrogen) atoms. The number of pyridine rings is 1. The van der Waals surface area contributed by atoms with Crippen molar-refractivity contribution < 1.29 is 13.9 Å². The standard InChI is InChI=1S/C14H13FN2O2/c1-19-13-4-2-3-10(15)14(13)12(18)7-9-8-17-6-5-11(9)16/h2-6,8H,7H2,1H3,(H2,16,17). The molecule has 2 N–H and O–H groups in total. The van der Waals surface area contributed by atoms with E-state index in [9.17, 15) is 9.18 Å². The van der Waals surface area contributed by atoms with E-state index < -0.39 is 11.6 Å². The molecule has 0 aliphatic rings. The molecular weight excluding hydrogens is 247 g/mol. The topological polar surface area (TPSA) is 65.2 Å². The summed E-state index contributed by atoms with van der Waals surface area (Å²) >= 11 is 0. The van der Waals surface area contributed by atoms with Crippen LogP contribution in [0.4, 0.5) is 10.1 Å². The van der Waals surface area contributed by atoms with Crippen molar-refractivity contribution in [3.8, 4) is 5.75 Å². The number of benzene rings is 1. The average Bonchev–Trinajstić information content (AvgIpc) is 2.40. The molecule has 4 nitrogen and oxygen atoms in total. The average molecular weight is 260 g/mol. The number of carbonyl (C=O) groups is 1. The molecule has 2 rings (SSSR count). The maximum Gasteiger partial charge on any atom is 0.174 e. The van der Waals surface area contributed by atoms with E-state index in [0.717, 1.165) is 0 Å². The van der Waals surface area contributed by atoms with Crippen LogP contribution in [0.2, 0.25) is 0 Å². The minimum Gasteiger partial charge on any atom is -0.496 e. The Hall–Kier alpha value is -2.43. The summed E-state index contributed by atoms with van der Waals surface area (Å²) < 4.78 is 18.8. The summed E-state index contributed by atoms with van der Waals surface area (Å²) in [5.74, 6) is -0.783. The molecule has 0 spiro atoms. The minimum atomic E-state index is -0.605. The Kier molecular flexibility index (Phi) is 3.75. The van der Waals surface area contributed by atoms with Gasteiger partial charge in [-0.3, -0.25) is 9.78 Å². The number of Topliss-reactive ketones (excluding diaryl/α,β-unsaturated/α-hetero) is 1. The molecule has 0 fully saturated rings. The maximum atomic E-state index is 13.7. The van der Waals surface area contributed by atoms with Crippen LogP contribution < -0.4 is 10.5 Å². The van der Waals surface area contributed by atoms with Crippen LogP contribution in [0.1, 0.15) is 15.9 Å². The predicted octanol–water partition coefficient (Wildman–Crippen LogP) is 2.24. The smallest absolute Gasteiger partial charge is 0.174 e. The van der Waals surface area contributed by atoms with Gasteiger partial charge in [-0.05, 0) is 18.2 Å². The van der Waals surface area contributed by atoms with Gasteiger partial charge in [0.25, 0.3) is 0 Å². The summed E-state index contributed by atoms with van der Waals surface area (Å²) in [5, 5.41) is 0. The first kappa shape index (κ1) is 13.0. The fraction of sp³-hybridized carbons (Fsp3) is 0.143. The molecule has 0 atom stereocenters. The highest BCUT2D eigenvalue weighted by Crippen LogP contribution is 2.23. The van der Waals surface area contributed by atoms with Gasteiger partial charge in [0.15, 0.2) is 5.78 Å². The highest BCUT2D eigenvalue weighted by Gasteiger charge is 2.18. The molecule has 0 unspecified atom stereocenters. The van der Waals surface area contributed by atoms with Gasteiger partial charge >= 0.3 is 0 Å². The van der Waals surface area contributed by atoms with Gasteiger partial charge in [0.2, 0.25) is 0 Å². The normalized spacial score (nSPS) is 10.2. The number of carbonyl (C=O) groups excluding carboxylic acids is 1. The van der Waals surface area contributed by atoms with E-state index in [2.05, 4.69) is 4.98 Å². The predicted molar refractivity (Wildman–Crippen MR) is 69.6 cm³/mol. The number of halogens is 1. The summed E-state index contributed by atoms with van der Waals surface area (Å²) in [4.78, 5) is 16.1. The van der Waals surface area contributed by atoms with Crippen molar-refractivity contribution in [1.29, 1.82) is 0 Å². The summed E-state index contributed by atoms with van der Waals surface area (Å²) in [6, 6.07) is 5.86. The molecule has 0 saturated carbocycles. The fourth-order valence-corrected chi connectivity index (χ4v) is 1.79. The number of methoxy groups -OCH3 is 1. The molecule has 2 aromatic rings. The number of nitrogen functional groups attached to an aromatic ring is 1. The molecule has 0 amide bonds. The lowest BCUT2D eigenvalue weighted by Crippen LogP contribution is -2.10. The van der Waals surface area contributed by atoms with Crippen LogP contribution in [0.25, 0.3) is 0 Å². The van der Waals surface area contributed by atoms with Gasteiger partial charge in [-0.15, -0.1) is 0 Å². The number of anilines is 1. The van der Waals surface area contributed by atoms with Crippen LogP contribution in [-0.4, -0.2) is 17.9 Å². The molecule has 1 aromatic carbocycles. The Morgan fingerprint density at radius 1 is 1.42 bits per heavy atom. The largest absolute Gasteiger partial charge is 0.496 e. The van der Waals surface area contributed by atoms with Crippen molar-refractivity contribution >= 4 is 11.5 Å². The van der Waals surface area contributed by atoms with Crippen LogP contribution in [0.15, 0.2) is 36.7 Å². The van der Waals surface area contributed by atoms with Gasteiger partial charge in [-0.1, -0.05) is 6.07 Å². The first-order chi connectivity index (χ1) is 9.13. The summed E-state index contributed by atoms with van der Waals surface area (Å²) in [6.45, 7) is 0. The monoisotopic (exact) mass is 260 g/mol. The van der Waals surface area contributed by atoms with E-state index in [1.54, 1.807) is 12.1 Å². The van der Waals surface area contributed by atoms with Crippen LogP contribution in [0.3, 0.4) is 0 Å². The van der Waals surface area contributed by atoms with Gasteiger partial charge < -0.3 is 10.5 Å². The van der Waals surface area contributed by atoms with E-state index in [0.29, 0.717) is 11.3 Å². The Morgan fingerprint density at radius 3 is 2.89 bits per heavy atom. The molecule has 1 aromatic heterocycles. The van der Waals surface area contributed by atoms with Crippen LogP contribution in [0.5, 0.6) is 5.75 Å². The van der Waals surface area contributed by atoms with E-state index >= 15 is 0 Å². The van der Waals surface area contributed by atoms with E-state index in [1.807, 2.05) is 0 Å². The molecule has 5 heteroatoms. The zero-order chi connectivity index (χ0) is 13.8. The lowest BCUT2D eigenvalue weighted by molar-refractivity contribution is 0.0986. The second kappa shape index (κ2) is 5.48. The Morgan fingerprint density at radius 2 is 2.21 bits per heavy atom. The lowest BCUT2D eigenvalue weighted by Gasteiger charge is -2.09. The number of rotatable bonds is 4. The Bertz CT molecular complexity index is 614. The first-order valence-corrected chi connectivity index (χ1v) is 5.67. The third kappa shape index (κ3) is 2.70. The number of ether oxygens (including phenoxy) is 1. The summed E-state index contributed by atoms with van der Waals surface area (Å²) in [7, 11) is 1.39. The van der Waals surface area contributed by atoms with Gasteiger partial charge in [-0.2, -0.15) is 0 Å². The van der Waals surface area contributed by atoms with Gasteiger partial charge in [-0.25, -0.2) is 4.39 Å². The molecule has 0 radical (unpaired) electrons. The van der Waals surface area contributed by atoms with E-state index in [4.69, 9.17) is 10.5 Å².